The minimum atomic E-state index is -0.881. The zero-order valence-electron chi connectivity index (χ0n) is 19.5. The molecule has 3 amide bonds. The van der Waals surface area contributed by atoms with E-state index in [0.29, 0.717) is 17.7 Å². The van der Waals surface area contributed by atoms with Gasteiger partial charge in [0.05, 0.1) is 30.7 Å². The van der Waals surface area contributed by atoms with Gasteiger partial charge >= 0.3 is 5.97 Å². The maximum Gasteiger partial charge on any atom is 0.338 e. The molecule has 0 bridgehead atoms. The van der Waals surface area contributed by atoms with Crippen LogP contribution in [0.25, 0.3) is 0 Å². The summed E-state index contributed by atoms with van der Waals surface area (Å²) >= 11 is 0. The lowest BCUT2D eigenvalue weighted by molar-refractivity contribution is -0.144. The van der Waals surface area contributed by atoms with Gasteiger partial charge < -0.3 is 9.64 Å². The van der Waals surface area contributed by atoms with Gasteiger partial charge in [-0.05, 0) is 57.0 Å². The normalized spacial score (nSPS) is 16.1. The molecule has 0 aliphatic carbocycles. The van der Waals surface area contributed by atoms with Crippen LogP contribution in [0.5, 0.6) is 0 Å². The molecule has 0 spiro atoms. The lowest BCUT2D eigenvalue weighted by atomic mass is 9.94. The smallest absolute Gasteiger partial charge is 0.338 e. The first-order valence-corrected chi connectivity index (χ1v) is 11.2. The minimum absolute atomic E-state index is 0.0809. The number of anilines is 1. The molecule has 7 nitrogen and oxygen atoms in total. The summed E-state index contributed by atoms with van der Waals surface area (Å²) in [6.45, 7) is 7.74. The number of hydrogen-bond acceptors (Lipinski definition) is 5. The van der Waals surface area contributed by atoms with E-state index in [4.69, 9.17) is 4.74 Å². The van der Waals surface area contributed by atoms with Crippen LogP contribution in [0.1, 0.15) is 56.5 Å². The van der Waals surface area contributed by atoms with E-state index in [1.165, 1.54) is 12.1 Å². The number of ether oxygens (including phenoxy) is 1. The van der Waals surface area contributed by atoms with Crippen LogP contribution in [-0.4, -0.2) is 46.8 Å². The van der Waals surface area contributed by atoms with Gasteiger partial charge in [-0.15, -0.1) is 0 Å². The Labute approximate surface area is 194 Å². The number of benzene rings is 2. The fourth-order valence-electron chi connectivity index (χ4n) is 4.01. The molecule has 7 heteroatoms. The highest BCUT2D eigenvalue weighted by Crippen LogP contribution is 2.32. The molecule has 0 N–H and O–H groups in total. The van der Waals surface area contributed by atoms with Gasteiger partial charge in [-0.2, -0.15) is 0 Å². The summed E-state index contributed by atoms with van der Waals surface area (Å²) in [4.78, 5) is 54.3. The van der Waals surface area contributed by atoms with Gasteiger partial charge in [0.1, 0.15) is 6.04 Å². The van der Waals surface area contributed by atoms with E-state index < -0.39 is 23.5 Å². The van der Waals surface area contributed by atoms with E-state index in [1.54, 1.807) is 24.0 Å². The molecule has 0 radical (unpaired) electrons. The molecule has 1 saturated heterocycles. The Kier molecular flexibility index (Phi) is 7.31. The SMILES string of the molecule is CCOC(=O)c1ccc(N2C(=O)CC(N(C(=O)Cc3ccccc3)C(C)(C)CC)C2=O)cc1. The molecule has 3 rings (SSSR count). The zero-order chi connectivity index (χ0) is 24.2. The second-order valence-electron chi connectivity index (χ2n) is 8.65. The highest BCUT2D eigenvalue weighted by molar-refractivity contribution is 6.23. The maximum atomic E-state index is 13.4. The summed E-state index contributed by atoms with van der Waals surface area (Å²) in [5.74, 6) is -1.48. The number of nitrogens with zero attached hydrogens (tertiary/aromatic N) is 2. The number of carbonyl (C=O) groups is 4. The van der Waals surface area contributed by atoms with Crippen LogP contribution in [0.3, 0.4) is 0 Å². The van der Waals surface area contributed by atoms with E-state index in [2.05, 4.69) is 0 Å². The van der Waals surface area contributed by atoms with Crippen LogP contribution in [0, 0.1) is 0 Å². The predicted octanol–water partition coefficient (Wildman–Crippen LogP) is 3.76. The Bertz CT molecular complexity index is 1030. The number of imide groups is 1. The molecule has 2 aromatic carbocycles. The molecule has 0 saturated carbocycles. The predicted molar refractivity (Wildman–Crippen MR) is 125 cm³/mol. The first-order chi connectivity index (χ1) is 15.7. The van der Waals surface area contributed by atoms with E-state index in [-0.39, 0.29) is 31.3 Å². The van der Waals surface area contributed by atoms with Crippen molar-refractivity contribution in [1.29, 1.82) is 0 Å². The zero-order valence-corrected chi connectivity index (χ0v) is 19.5. The lowest BCUT2D eigenvalue weighted by Gasteiger charge is -2.41. The molecule has 1 aliphatic rings. The van der Waals surface area contributed by atoms with Crippen LogP contribution in [-0.2, 0) is 25.5 Å². The summed E-state index contributed by atoms with van der Waals surface area (Å²) in [6.07, 6.45) is 0.693. The minimum Gasteiger partial charge on any atom is -0.462 e. The Hall–Kier alpha value is -3.48. The average Bonchev–Trinajstić information content (AvgIpc) is 3.08. The summed E-state index contributed by atoms with van der Waals surface area (Å²) in [5, 5.41) is 0. The molecule has 33 heavy (non-hydrogen) atoms. The maximum absolute atomic E-state index is 13.4. The first-order valence-electron chi connectivity index (χ1n) is 11.2. The van der Waals surface area contributed by atoms with E-state index in [9.17, 15) is 19.2 Å². The lowest BCUT2D eigenvalue weighted by Crippen LogP contribution is -2.56. The first kappa shape index (κ1) is 24.2. The van der Waals surface area contributed by atoms with Crippen molar-refractivity contribution in [3.05, 3.63) is 65.7 Å². The summed E-state index contributed by atoms with van der Waals surface area (Å²) in [6, 6.07) is 14.6. The largest absolute Gasteiger partial charge is 0.462 e. The number of hydrogen-bond donors (Lipinski definition) is 0. The van der Waals surface area contributed by atoms with Crippen LogP contribution in [0.15, 0.2) is 54.6 Å². The summed E-state index contributed by atoms with van der Waals surface area (Å²) in [7, 11) is 0. The molecule has 1 unspecified atom stereocenters. The molecule has 174 valence electrons. The van der Waals surface area contributed by atoms with Gasteiger partial charge in [-0.1, -0.05) is 37.3 Å². The van der Waals surface area contributed by atoms with Gasteiger partial charge in [0.15, 0.2) is 0 Å². The van der Waals surface area contributed by atoms with Crippen molar-refractivity contribution in [1.82, 2.24) is 4.90 Å². The van der Waals surface area contributed by atoms with Gasteiger partial charge in [-0.3, -0.25) is 14.4 Å². The Morgan fingerprint density at radius 3 is 2.24 bits per heavy atom. The molecule has 1 fully saturated rings. The Morgan fingerprint density at radius 1 is 1.03 bits per heavy atom. The van der Waals surface area contributed by atoms with Crippen molar-refractivity contribution in [2.75, 3.05) is 11.5 Å². The van der Waals surface area contributed by atoms with Crippen LogP contribution in [0.4, 0.5) is 5.69 Å². The molecule has 2 aromatic rings. The van der Waals surface area contributed by atoms with Gasteiger partial charge in [0.2, 0.25) is 11.8 Å². The van der Waals surface area contributed by atoms with Crippen molar-refractivity contribution in [2.24, 2.45) is 0 Å². The van der Waals surface area contributed by atoms with Crippen molar-refractivity contribution in [3.8, 4) is 0 Å². The molecule has 1 aliphatic heterocycles. The molecular weight excluding hydrogens is 420 g/mol. The summed E-state index contributed by atoms with van der Waals surface area (Å²) < 4.78 is 4.98. The van der Waals surface area contributed by atoms with Gasteiger partial charge in [-0.25, -0.2) is 9.69 Å². The topological polar surface area (TPSA) is 84.0 Å². The van der Waals surface area contributed by atoms with Crippen molar-refractivity contribution in [3.63, 3.8) is 0 Å². The van der Waals surface area contributed by atoms with Crippen molar-refractivity contribution >= 4 is 29.4 Å². The molecule has 1 heterocycles. The van der Waals surface area contributed by atoms with E-state index >= 15 is 0 Å². The summed E-state index contributed by atoms with van der Waals surface area (Å²) in [5.41, 5.74) is 0.937. The molecular formula is C26H30N2O5. The quantitative estimate of drug-likeness (QED) is 0.452. The standard InChI is InChI=1S/C26H30N2O5/c1-5-26(3,4)28(23(30)16-18-10-8-7-9-11-18)21-17-22(29)27(24(21)31)20-14-12-19(13-15-20)25(32)33-6-2/h7-15,21H,5-6,16-17H2,1-4H3. The Balaban J connectivity index is 1.87. The van der Waals surface area contributed by atoms with Gasteiger partial charge in [0.25, 0.3) is 5.91 Å². The monoisotopic (exact) mass is 450 g/mol. The second kappa shape index (κ2) is 9.98. The van der Waals surface area contributed by atoms with Crippen LogP contribution >= 0.6 is 0 Å². The van der Waals surface area contributed by atoms with Crippen molar-refractivity contribution in [2.45, 2.75) is 58.5 Å². The van der Waals surface area contributed by atoms with Crippen LogP contribution < -0.4 is 4.90 Å². The number of esters is 1. The Morgan fingerprint density at radius 2 is 1.67 bits per heavy atom. The van der Waals surface area contributed by atoms with E-state index in [1.807, 2.05) is 51.1 Å². The average molecular weight is 451 g/mol. The second-order valence-corrected chi connectivity index (χ2v) is 8.65. The number of carbonyl (C=O) groups excluding carboxylic acids is 4. The fraction of sp³-hybridized carbons (Fsp3) is 0.385. The number of rotatable bonds is 8. The third-order valence-electron chi connectivity index (χ3n) is 6.06. The van der Waals surface area contributed by atoms with Crippen LogP contribution in [0.2, 0.25) is 0 Å². The van der Waals surface area contributed by atoms with Gasteiger partial charge in [0, 0.05) is 5.54 Å². The molecule has 0 aromatic heterocycles. The van der Waals surface area contributed by atoms with E-state index in [0.717, 1.165) is 10.5 Å². The highest BCUT2D eigenvalue weighted by atomic mass is 16.5. The fourth-order valence-corrected chi connectivity index (χ4v) is 4.01. The number of amides is 3. The third-order valence-corrected chi connectivity index (χ3v) is 6.06. The third kappa shape index (κ3) is 5.13. The highest BCUT2D eigenvalue weighted by Gasteiger charge is 2.48. The van der Waals surface area contributed by atoms with Crippen molar-refractivity contribution < 1.29 is 23.9 Å². The molecule has 1 atom stereocenters.